The summed E-state index contributed by atoms with van der Waals surface area (Å²) in [6.07, 6.45) is 4.11. The average Bonchev–Trinajstić information content (AvgIpc) is 4.08. The number of rotatable bonds is 5. The normalized spacial score (nSPS) is 15.5. The molecule has 3 aromatic heterocycles. The summed E-state index contributed by atoms with van der Waals surface area (Å²) >= 11 is 0. The molecule has 0 amide bonds. The minimum Gasteiger partial charge on any atom is -0.485 e. The molecule has 1 aliphatic heterocycles. The summed E-state index contributed by atoms with van der Waals surface area (Å²) in [6.45, 7) is 0. The largest absolute Gasteiger partial charge is 0.485 e. The van der Waals surface area contributed by atoms with Crippen molar-refractivity contribution >= 4 is 87.3 Å². The Morgan fingerprint density at radius 2 is 1.09 bits per heavy atom. The molecule has 0 saturated heterocycles. The van der Waals surface area contributed by atoms with Crippen molar-refractivity contribution in [1.82, 2.24) is 19.5 Å². The number of allylic oxidation sites excluding steroid dienone is 2. The summed E-state index contributed by atoms with van der Waals surface area (Å²) in [5.41, 5.74) is 10.7. The lowest BCUT2D eigenvalue weighted by Crippen LogP contribution is -2.24. The highest BCUT2D eigenvalue weighted by Crippen LogP contribution is 2.53. The van der Waals surface area contributed by atoms with Gasteiger partial charge in [0.2, 0.25) is 0 Å². The van der Waals surface area contributed by atoms with E-state index in [4.69, 9.17) is 24.1 Å². The molecule has 0 saturated carbocycles. The fraction of sp³-hybridized carbons (Fsp3) is 0.0317. The van der Waals surface area contributed by atoms with Crippen LogP contribution in [0.4, 0.5) is 0 Å². The van der Waals surface area contributed by atoms with Crippen molar-refractivity contribution in [2.45, 2.75) is 12.0 Å². The van der Waals surface area contributed by atoms with Gasteiger partial charge in [-0.05, 0) is 92.7 Å². The Bertz CT molecular complexity index is 4370. The molecule has 322 valence electrons. The molecular weight excluding hydrogens is 845 g/mol. The van der Waals surface area contributed by atoms with E-state index in [2.05, 4.69) is 199 Å². The van der Waals surface area contributed by atoms with Gasteiger partial charge in [0.1, 0.15) is 23.0 Å². The van der Waals surface area contributed by atoms with E-state index in [9.17, 15) is 0 Å². The highest BCUT2D eigenvalue weighted by molar-refractivity contribution is 6.22. The first-order chi connectivity index (χ1) is 34.2. The van der Waals surface area contributed by atoms with Crippen molar-refractivity contribution in [3.8, 4) is 39.7 Å². The van der Waals surface area contributed by atoms with Crippen LogP contribution in [0.3, 0.4) is 0 Å². The molecule has 6 heteroatoms. The maximum Gasteiger partial charge on any atom is 0.167 e. The zero-order valence-corrected chi connectivity index (χ0v) is 37.0. The molecular formula is C63H38N4O2. The number of fused-ring (bicyclic) bond motifs is 13. The highest BCUT2D eigenvalue weighted by Gasteiger charge is 2.42. The second-order valence-corrected chi connectivity index (χ2v) is 18.2. The molecule has 2 atom stereocenters. The van der Waals surface area contributed by atoms with Crippen molar-refractivity contribution in [2.75, 3.05) is 0 Å². The molecule has 0 N–H and O–H groups in total. The first-order valence-corrected chi connectivity index (χ1v) is 23.5. The number of para-hydroxylation sites is 2. The SMILES string of the molecule is C1=CC2Oc3cc4ccccc4cc3C2C(n2c3cc4ccccc4cc3c3ccc4ccccc4c32)=C1c1nc(-c2cccc(-c3ccccc3)c2)nc(-c2cccc3c2oc2ccccc23)n1. The van der Waals surface area contributed by atoms with E-state index in [0.717, 1.165) is 94.0 Å². The molecule has 4 heterocycles. The second-order valence-electron chi connectivity index (χ2n) is 18.2. The van der Waals surface area contributed by atoms with E-state index in [1.807, 2.05) is 24.3 Å². The first-order valence-electron chi connectivity index (χ1n) is 23.5. The fourth-order valence-corrected chi connectivity index (χ4v) is 11.2. The molecule has 0 radical (unpaired) electrons. The number of ether oxygens (including phenoxy) is 1. The Kier molecular flexibility index (Phi) is 8.09. The molecule has 13 aromatic rings. The summed E-state index contributed by atoms with van der Waals surface area (Å²) in [5, 5.41) is 11.4. The van der Waals surface area contributed by atoms with Gasteiger partial charge in [-0.1, -0.05) is 164 Å². The summed E-state index contributed by atoms with van der Waals surface area (Å²) in [4.78, 5) is 16.5. The lowest BCUT2D eigenvalue weighted by molar-refractivity contribution is 0.270. The molecule has 6 nitrogen and oxygen atoms in total. The molecule has 15 rings (SSSR count). The van der Waals surface area contributed by atoms with Crippen LogP contribution in [0.2, 0.25) is 0 Å². The molecule has 1 aliphatic carbocycles. The van der Waals surface area contributed by atoms with Crippen LogP contribution in [0.5, 0.6) is 5.75 Å². The van der Waals surface area contributed by atoms with E-state index in [1.54, 1.807) is 0 Å². The van der Waals surface area contributed by atoms with Crippen molar-refractivity contribution in [3.63, 3.8) is 0 Å². The number of hydrogen-bond acceptors (Lipinski definition) is 5. The standard InChI is InChI=1S/C63H38N4O2/c1-2-14-37(15-3-1)39-21-12-22-44(32-39)61-64-62(66-63(65-61)50-26-13-25-48-46-24-10-11-27-54(46)69-60(48)50)49-30-31-55-57(52-34-41-18-5-7-20-43(41)36-56(52)68-55)59(49)67-53-35-42-19-6-4-17-40(42)33-51(53)47-29-28-38-16-8-9-23-45(38)58(47)67/h1-36,55,57H. The third kappa shape index (κ3) is 5.82. The number of hydrogen-bond donors (Lipinski definition) is 0. The predicted octanol–water partition coefficient (Wildman–Crippen LogP) is 15.8. The van der Waals surface area contributed by atoms with Gasteiger partial charge >= 0.3 is 0 Å². The van der Waals surface area contributed by atoms with Gasteiger partial charge in [-0.25, -0.2) is 15.0 Å². The Hall–Kier alpha value is -9.13. The van der Waals surface area contributed by atoms with Crippen LogP contribution in [0.15, 0.2) is 223 Å². The lowest BCUT2D eigenvalue weighted by Gasteiger charge is -2.28. The summed E-state index contributed by atoms with van der Waals surface area (Å²) in [5.74, 6) is 2.31. The Morgan fingerprint density at radius 3 is 1.94 bits per heavy atom. The maximum atomic E-state index is 7.03. The van der Waals surface area contributed by atoms with Gasteiger partial charge in [0, 0.05) is 49.3 Å². The van der Waals surface area contributed by atoms with Gasteiger partial charge in [-0.3, -0.25) is 0 Å². The lowest BCUT2D eigenvalue weighted by atomic mass is 9.84. The van der Waals surface area contributed by atoms with Crippen molar-refractivity contribution < 1.29 is 9.15 Å². The van der Waals surface area contributed by atoms with Crippen LogP contribution in [0, 0.1) is 0 Å². The van der Waals surface area contributed by atoms with E-state index < -0.39 is 0 Å². The van der Waals surface area contributed by atoms with E-state index in [1.165, 1.54) is 26.9 Å². The predicted molar refractivity (Wildman–Crippen MR) is 281 cm³/mol. The van der Waals surface area contributed by atoms with E-state index >= 15 is 0 Å². The molecule has 0 fully saturated rings. The summed E-state index contributed by atoms with van der Waals surface area (Å²) < 4.78 is 16.2. The van der Waals surface area contributed by atoms with Gasteiger partial charge in [-0.15, -0.1) is 0 Å². The third-order valence-corrected chi connectivity index (χ3v) is 14.3. The van der Waals surface area contributed by atoms with Crippen LogP contribution in [0.25, 0.3) is 121 Å². The monoisotopic (exact) mass is 882 g/mol. The van der Waals surface area contributed by atoms with Crippen LogP contribution in [0.1, 0.15) is 17.3 Å². The smallest absolute Gasteiger partial charge is 0.167 e. The Balaban J connectivity index is 1.08. The van der Waals surface area contributed by atoms with Crippen molar-refractivity contribution in [2.24, 2.45) is 0 Å². The van der Waals surface area contributed by atoms with Gasteiger partial charge in [-0.2, -0.15) is 0 Å². The second kappa shape index (κ2) is 14.7. The van der Waals surface area contributed by atoms with E-state index in [0.29, 0.717) is 17.5 Å². The van der Waals surface area contributed by atoms with Crippen LogP contribution in [-0.2, 0) is 0 Å². The average molecular weight is 883 g/mol. The van der Waals surface area contributed by atoms with Gasteiger partial charge in [0.25, 0.3) is 0 Å². The first kappa shape index (κ1) is 38.0. The molecule has 2 unspecified atom stereocenters. The van der Waals surface area contributed by atoms with E-state index in [-0.39, 0.29) is 12.0 Å². The number of benzene rings is 10. The van der Waals surface area contributed by atoms with Crippen molar-refractivity contribution in [3.05, 3.63) is 230 Å². The van der Waals surface area contributed by atoms with Crippen LogP contribution < -0.4 is 4.74 Å². The highest BCUT2D eigenvalue weighted by atomic mass is 16.5. The minimum atomic E-state index is -0.286. The maximum absolute atomic E-state index is 7.03. The minimum absolute atomic E-state index is 0.224. The van der Waals surface area contributed by atoms with Crippen molar-refractivity contribution in [1.29, 1.82) is 0 Å². The van der Waals surface area contributed by atoms with Crippen LogP contribution in [-0.4, -0.2) is 25.6 Å². The molecule has 2 aliphatic rings. The Labute approximate surface area is 395 Å². The third-order valence-electron chi connectivity index (χ3n) is 14.3. The topological polar surface area (TPSA) is 66.0 Å². The summed E-state index contributed by atoms with van der Waals surface area (Å²) in [6, 6.07) is 73.1. The molecule has 0 bridgehead atoms. The zero-order valence-electron chi connectivity index (χ0n) is 37.0. The van der Waals surface area contributed by atoms with Gasteiger partial charge in [0.05, 0.1) is 22.5 Å². The summed E-state index contributed by atoms with van der Waals surface area (Å²) in [7, 11) is 0. The van der Waals surface area contributed by atoms with Gasteiger partial charge < -0.3 is 13.7 Å². The van der Waals surface area contributed by atoms with Crippen LogP contribution >= 0.6 is 0 Å². The molecule has 69 heavy (non-hydrogen) atoms. The molecule has 0 spiro atoms. The number of nitrogens with zero attached hydrogens (tertiary/aromatic N) is 4. The Morgan fingerprint density at radius 1 is 0.435 bits per heavy atom. The number of furan rings is 1. The quantitative estimate of drug-likeness (QED) is 0.172. The number of aromatic nitrogens is 4. The fourth-order valence-electron chi connectivity index (χ4n) is 11.2. The molecule has 10 aromatic carbocycles. The van der Waals surface area contributed by atoms with Gasteiger partial charge in [0.15, 0.2) is 17.5 Å². The zero-order chi connectivity index (χ0) is 45.2.